The quantitative estimate of drug-likeness (QED) is 0.549. The highest BCUT2D eigenvalue weighted by Crippen LogP contribution is 1.99. The maximum Gasteiger partial charge on any atom is 0.0446 e. The number of hydrogen-bond acceptors (Lipinski definition) is 3. The van der Waals surface area contributed by atoms with Crippen LogP contribution in [0.5, 0.6) is 0 Å². The smallest absolute Gasteiger partial charge is 0.0446 e. The van der Waals surface area contributed by atoms with Crippen molar-refractivity contribution in [3.05, 3.63) is 0 Å². The Morgan fingerprint density at radius 1 is 1.36 bits per heavy atom. The molecule has 0 rings (SSSR count). The molecule has 0 fully saturated rings. The molecule has 0 aromatic rings. The van der Waals surface area contributed by atoms with Gasteiger partial charge in [-0.15, -0.1) is 0 Å². The summed E-state index contributed by atoms with van der Waals surface area (Å²) < 4.78 is 0. The molecule has 0 saturated heterocycles. The standard InChI is InChI=1S/C11H26N2O/c1-4-5-6-8-13(3)10-11(12-2)7-9-14/h11-12,14H,4-10H2,1-3H3. The summed E-state index contributed by atoms with van der Waals surface area (Å²) in [6.07, 6.45) is 4.71. The maximum atomic E-state index is 8.84. The van der Waals surface area contributed by atoms with Crippen molar-refractivity contribution < 1.29 is 5.11 Å². The van der Waals surface area contributed by atoms with Gasteiger partial charge in [-0.1, -0.05) is 19.8 Å². The first-order valence-corrected chi connectivity index (χ1v) is 5.71. The van der Waals surface area contributed by atoms with Crippen molar-refractivity contribution >= 4 is 0 Å². The van der Waals surface area contributed by atoms with Crippen molar-refractivity contribution in [2.45, 2.75) is 38.6 Å². The number of likely N-dealkylation sites (N-methyl/N-ethyl adjacent to an activating group) is 2. The lowest BCUT2D eigenvalue weighted by atomic mass is 10.2. The van der Waals surface area contributed by atoms with Gasteiger partial charge in [-0.05, 0) is 33.5 Å². The summed E-state index contributed by atoms with van der Waals surface area (Å²) in [5.74, 6) is 0. The second-order valence-corrected chi connectivity index (χ2v) is 3.97. The van der Waals surface area contributed by atoms with E-state index in [1.54, 1.807) is 0 Å². The molecule has 1 unspecified atom stereocenters. The average molecular weight is 202 g/mol. The van der Waals surface area contributed by atoms with Gasteiger partial charge >= 0.3 is 0 Å². The van der Waals surface area contributed by atoms with Gasteiger partial charge in [0.25, 0.3) is 0 Å². The van der Waals surface area contributed by atoms with Gasteiger partial charge in [0.15, 0.2) is 0 Å². The van der Waals surface area contributed by atoms with E-state index in [9.17, 15) is 0 Å². The molecule has 86 valence electrons. The van der Waals surface area contributed by atoms with Crippen molar-refractivity contribution in [3.63, 3.8) is 0 Å². The molecule has 14 heavy (non-hydrogen) atoms. The molecule has 0 heterocycles. The molecule has 0 aromatic heterocycles. The Balaban J connectivity index is 3.51. The van der Waals surface area contributed by atoms with Crippen molar-refractivity contribution in [2.24, 2.45) is 0 Å². The van der Waals surface area contributed by atoms with Crippen molar-refractivity contribution in [3.8, 4) is 0 Å². The Bertz CT molecular complexity index is 120. The molecule has 0 aliphatic heterocycles. The van der Waals surface area contributed by atoms with Crippen LogP contribution in [0, 0.1) is 0 Å². The topological polar surface area (TPSA) is 35.5 Å². The Morgan fingerprint density at radius 3 is 2.57 bits per heavy atom. The molecule has 2 N–H and O–H groups in total. The summed E-state index contributed by atoms with van der Waals surface area (Å²) in [4.78, 5) is 2.34. The number of aliphatic hydroxyl groups excluding tert-OH is 1. The van der Waals surface area contributed by atoms with Crippen LogP contribution in [-0.4, -0.2) is 49.8 Å². The van der Waals surface area contributed by atoms with Gasteiger partial charge in [-0.2, -0.15) is 0 Å². The van der Waals surface area contributed by atoms with E-state index in [0.717, 1.165) is 19.5 Å². The highest BCUT2D eigenvalue weighted by atomic mass is 16.3. The molecule has 0 aliphatic carbocycles. The number of hydrogen-bond donors (Lipinski definition) is 2. The van der Waals surface area contributed by atoms with Gasteiger partial charge < -0.3 is 15.3 Å². The molecule has 0 bridgehead atoms. The van der Waals surface area contributed by atoms with Crippen LogP contribution in [0.25, 0.3) is 0 Å². The largest absolute Gasteiger partial charge is 0.396 e. The summed E-state index contributed by atoms with van der Waals surface area (Å²) >= 11 is 0. The summed E-state index contributed by atoms with van der Waals surface area (Å²) in [5.41, 5.74) is 0. The third kappa shape index (κ3) is 7.30. The zero-order valence-electron chi connectivity index (χ0n) is 9.92. The van der Waals surface area contributed by atoms with E-state index in [-0.39, 0.29) is 6.61 Å². The molecule has 1 atom stereocenters. The third-order valence-electron chi connectivity index (χ3n) is 2.56. The highest BCUT2D eigenvalue weighted by molar-refractivity contribution is 4.68. The van der Waals surface area contributed by atoms with Crippen LogP contribution in [-0.2, 0) is 0 Å². The molecule has 0 amide bonds. The molecular weight excluding hydrogens is 176 g/mol. The molecule has 0 aromatic carbocycles. The van der Waals surface area contributed by atoms with Gasteiger partial charge in [0, 0.05) is 19.2 Å². The zero-order valence-corrected chi connectivity index (χ0v) is 9.92. The first-order valence-electron chi connectivity index (χ1n) is 5.71. The van der Waals surface area contributed by atoms with Crippen LogP contribution in [0.1, 0.15) is 32.6 Å². The summed E-state index contributed by atoms with van der Waals surface area (Å²) in [5, 5.41) is 12.1. The van der Waals surface area contributed by atoms with E-state index < -0.39 is 0 Å². The van der Waals surface area contributed by atoms with Gasteiger partial charge in [0.05, 0.1) is 0 Å². The first-order chi connectivity index (χ1) is 6.74. The zero-order chi connectivity index (χ0) is 10.8. The van der Waals surface area contributed by atoms with Crippen molar-refractivity contribution in [1.29, 1.82) is 0 Å². The van der Waals surface area contributed by atoms with E-state index in [2.05, 4.69) is 24.2 Å². The molecule has 3 nitrogen and oxygen atoms in total. The molecule has 0 aliphatic rings. The molecular formula is C11H26N2O. The predicted molar refractivity (Wildman–Crippen MR) is 61.6 cm³/mol. The SMILES string of the molecule is CCCCCN(C)CC(CCO)NC. The lowest BCUT2D eigenvalue weighted by Gasteiger charge is -2.23. The summed E-state index contributed by atoms with van der Waals surface area (Å²) in [6, 6.07) is 0.423. The normalized spacial score (nSPS) is 13.5. The van der Waals surface area contributed by atoms with Crippen LogP contribution < -0.4 is 5.32 Å². The Morgan fingerprint density at radius 2 is 2.07 bits per heavy atom. The van der Waals surface area contributed by atoms with Crippen LogP contribution in [0.3, 0.4) is 0 Å². The predicted octanol–water partition coefficient (Wildman–Crippen LogP) is 1.08. The van der Waals surface area contributed by atoms with E-state index in [1.165, 1.54) is 19.3 Å². The van der Waals surface area contributed by atoms with Crippen LogP contribution in [0.15, 0.2) is 0 Å². The molecule has 3 heteroatoms. The van der Waals surface area contributed by atoms with Gasteiger partial charge in [-0.25, -0.2) is 0 Å². The van der Waals surface area contributed by atoms with Crippen molar-refractivity contribution in [1.82, 2.24) is 10.2 Å². The van der Waals surface area contributed by atoms with Gasteiger partial charge in [0.1, 0.15) is 0 Å². The number of aliphatic hydroxyl groups is 1. The number of unbranched alkanes of at least 4 members (excludes halogenated alkanes) is 2. The number of rotatable bonds is 9. The molecule has 0 spiro atoms. The fraction of sp³-hybridized carbons (Fsp3) is 1.00. The van der Waals surface area contributed by atoms with E-state index >= 15 is 0 Å². The second kappa shape index (κ2) is 9.44. The number of nitrogens with zero attached hydrogens (tertiary/aromatic N) is 1. The Labute approximate surface area is 88.5 Å². The van der Waals surface area contributed by atoms with Crippen LogP contribution >= 0.6 is 0 Å². The van der Waals surface area contributed by atoms with Crippen molar-refractivity contribution in [2.75, 3.05) is 33.8 Å². The number of nitrogens with one attached hydrogen (secondary N) is 1. The monoisotopic (exact) mass is 202 g/mol. The minimum Gasteiger partial charge on any atom is -0.396 e. The van der Waals surface area contributed by atoms with Crippen LogP contribution in [0.4, 0.5) is 0 Å². The van der Waals surface area contributed by atoms with Gasteiger partial charge in [-0.3, -0.25) is 0 Å². The third-order valence-corrected chi connectivity index (χ3v) is 2.56. The minimum atomic E-state index is 0.272. The highest BCUT2D eigenvalue weighted by Gasteiger charge is 2.07. The molecule has 0 radical (unpaired) electrons. The maximum absolute atomic E-state index is 8.84. The first kappa shape index (κ1) is 13.9. The average Bonchev–Trinajstić information content (AvgIpc) is 2.17. The summed E-state index contributed by atoms with van der Waals surface area (Å²) in [6.45, 7) is 4.69. The second-order valence-electron chi connectivity index (χ2n) is 3.97. The fourth-order valence-electron chi connectivity index (χ4n) is 1.58. The van der Waals surface area contributed by atoms with E-state index in [1.807, 2.05) is 7.05 Å². The van der Waals surface area contributed by atoms with Gasteiger partial charge in [0.2, 0.25) is 0 Å². The van der Waals surface area contributed by atoms with Crippen LogP contribution in [0.2, 0.25) is 0 Å². The molecule has 0 saturated carbocycles. The lowest BCUT2D eigenvalue weighted by Crippen LogP contribution is -2.38. The summed E-state index contributed by atoms with van der Waals surface area (Å²) in [7, 11) is 4.11. The Kier molecular flexibility index (Phi) is 9.35. The Hall–Kier alpha value is -0.120. The van der Waals surface area contributed by atoms with E-state index in [4.69, 9.17) is 5.11 Å². The fourth-order valence-corrected chi connectivity index (χ4v) is 1.58. The van der Waals surface area contributed by atoms with E-state index in [0.29, 0.717) is 6.04 Å². The lowest BCUT2D eigenvalue weighted by molar-refractivity contribution is 0.232. The minimum absolute atomic E-state index is 0.272.